The summed E-state index contributed by atoms with van der Waals surface area (Å²) < 4.78 is 2.61. The molecule has 0 amide bonds. The zero-order chi connectivity index (χ0) is 32.3. The zero-order valence-electron chi connectivity index (χ0n) is 26.2. The van der Waals surface area contributed by atoms with Gasteiger partial charge in [0.2, 0.25) is 0 Å². The van der Waals surface area contributed by atoms with Crippen molar-refractivity contribution in [1.29, 1.82) is 0 Å². The average molecular weight is 643 g/mol. The van der Waals surface area contributed by atoms with Crippen LogP contribution in [0.4, 0.5) is 0 Å². The van der Waals surface area contributed by atoms with E-state index in [1.807, 2.05) is 66.2 Å². The summed E-state index contributed by atoms with van der Waals surface area (Å²) in [5, 5.41) is 10.1. The molecule has 10 rings (SSSR count). The molecule has 5 heteroatoms. The molecule has 7 aromatic carbocycles. The Balaban J connectivity index is 1.21. The molecule has 0 N–H and O–H groups in total. The zero-order valence-corrected chi connectivity index (χ0v) is 27.0. The lowest BCUT2D eigenvalue weighted by Gasteiger charge is -2.14. The molecule has 0 aliphatic rings. The van der Waals surface area contributed by atoms with Crippen molar-refractivity contribution in [2.24, 2.45) is 0 Å². The Bertz CT molecular complexity index is 2860. The Hall–Kier alpha value is -6.30. The first-order valence-electron chi connectivity index (χ1n) is 16.3. The number of pyridine rings is 1. The van der Waals surface area contributed by atoms with E-state index in [2.05, 4.69) is 108 Å². The lowest BCUT2D eigenvalue weighted by atomic mass is 9.91. The summed E-state index contributed by atoms with van der Waals surface area (Å²) in [5.74, 6) is 1.93. The van der Waals surface area contributed by atoms with Crippen LogP contribution < -0.4 is 0 Å². The minimum Gasteiger partial charge on any atom is -0.265 e. The molecule has 0 aliphatic carbocycles. The van der Waals surface area contributed by atoms with Crippen LogP contribution >= 0.6 is 11.3 Å². The summed E-state index contributed by atoms with van der Waals surface area (Å²) in [7, 11) is 0. The Kier molecular flexibility index (Phi) is 6.32. The maximum absolute atomic E-state index is 5.10. The summed E-state index contributed by atoms with van der Waals surface area (Å²) in [4.78, 5) is 19.3. The summed E-state index contributed by atoms with van der Waals surface area (Å²) in [6.45, 7) is 0. The van der Waals surface area contributed by atoms with Crippen molar-refractivity contribution in [1.82, 2.24) is 19.9 Å². The number of hydrogen-bond acceptors (Lipinski definition) is 5. The fraction of sp³-hybridized carbons (Fsp3) is 0. The Morgan fingerprint density at radius 3 is 1.61 bits per heavy atom. The minimum atomic E-state index is 0.639. The molecule has 10 aromatic rings. The van der Waals surface area contributed by atoms with Crippen molar-refractivity contribution in [3.05, 3.63) is 158 Å². The highest BCUT2D eigenvalue weighted by atomic mass is 32.1. The maximum Gasteiger partial charge on any atom is 0.164 e. The smallest absolute Gasteiger partial charge is 0.164 e. The van der Waals surface area contributed by atoms with Gasteiger partial charge in [-0.15, -0.1) is 11.3 Å². The topological polar surface area (TPSA) is 51.6 Å². The maximum atomic E-state index is 5.10. The molecule has 0 fully saturated rings. The monoisotopic (exact) mass is 642 g/mol. The van der Waals surface area contributed by atoms with Crippen molar-refractivity contribution >= 4 is 63.8 Å². The molecule has 0 atom stereocenters. The second-order valence-electron chi connectivity index (χ2n) is 12.3. The van der Waals surface area contributed by atoms with Gasteiger partial charge in [-0.2, -0.15) is 0 Å². The van der Waals surface area contributed by atoms with Crippen LogP contribution in [0.1, 0.15) is 0 Å². The third kappa shape index (κ3) is 4.59. The predicted octanol–water partition coefficient (Wildman–Crippen LogP) is 11.8. The summed E-state index contributed by atoms with van der Waals surface area (Å²) in [5.41, 5.74) is 5.07. The molecule has 0 unspecified atom stereocenters. The van der Waals surface area contributed by atoms with Crippen molar-refractivity contribution < 1.29 is 0 Å². The lowest BCUT2D eigenvalue weighted by Crippen LogP contribution is -2.00. The summed E-state index contributed by atoms with van der Waals surface area (Å²) in [6, 6.07) is 51.3. The van der Waals surface area contributed by atoms with Gasteiger partial charge in [-0.25, -0.2) is 15.0 Å². The fourth-order valence-electron chi connectivity index (χ4n) is 7.10. The van der Waals surface area contributed by atoms with E-state index in [9.17, 15) is 0 Å². The van der Waals surface area contributed by atoms with Crippen molar-refractivity contribution in [2.75, 3.05) is 0 Å². The van der Waals surface area contributed by atoms with Crippen LogP contribution in [0.5, 0.6) is 0 Å². The Labute approximate surface area is 286 Å². The SMILES string of the molecule is c1ccc(-c2nc(-c3ccc(-c4ccncc4)cc3)nc(-c3ccc4c(c3)c3ccccc3c3ccc5sc6ccccc6c5c34)n2)cc1. The van der Waals surface area contributed by atoms with Gasteiger partial charge in [0.25, 0.3) is 0 Å². The Morgan fingerprint density at radius 1 is 0.327 bits per heavy atom. The third-order valence-electron chi connectivity index (χ3n) is 9.42. The second-order valence-corrected chi connectivity index (χ2v) is 13.3. The van der Waals surface area contributed by atoms with Gasteiger partial charge in [-0.05, 0) is 73.8 Å². The first kappa shape index (κ1) is 27.8. The average Bonchev–Trinajstić information content (AvgIpc) is 3.57. The van der Waals surface area contributed by atoms with E-state index >= 15 is 0 Å². The van der Waals surface area contributed by atoms with Gasteiger partial charge >= 0.3 is 0 Å². The lowest BCUT2D eigenvalue weighted by molar-refractivity contribution is 1.07. The van der Waals surface area contributed by atoms with E-state index in [1.165, 1.54) is 52.5 Å². The molecule has 0 aliphatic heterocycles. The highest BCUT2D eigenvalue weighted by Gasteiger charge is 2.17. The fourth-order valence-corrected chi connectivity index (χ4v) is 8.22. The molecular weight excluding hydrogens is 617 g/mol. The minimum absolute atomic E-state index is 0.639. The summed E-state index contributed by atoms with van der Waals surface area (Å²) >= 11 is 1.86. The molecule has 4 nitrogen and oxygen atoms in total. The van der Waals surface area contributed by atoms with Gasteiger partial charge in [0.1, 0.15) is 0 Å². The molecule has 0 saturated carbocycles. The number of thiophene rings is 1. The number of aromatic nitrogens is 4. The molecule has 3 heterocycles. The molecule has 0 saturated heterocycles. The third-order valence-corrected chi connectivity index (χ3v) is 10.6. The summed E-state index contributed by atoms with van der Waals surface area (Å²) in [6.07, 6.45) is 3.63. The van der Waals surface area contributed by atoms with E-state index in [1.54, 1.807) is 0 Å². The second kappa shape index (κ2) is 11.2. The standard InChI is InChI=1S/C44H26N4S/c1-2-8-29(9-3-1)42-46-43(30-16-14-27(15-17-30)28-22-24-45-25-23-28)48-44(47-42)31-18-19-35-37(26-31)33-11-5-4-10-32(33)34-20-21-39-41(40(34)35)36-12-6-7-13-38(36)49-39/h1-26H. The number of benzene rings is 7. The molecule has 49 heavy (non-hydrogen) atoms. The number of rotatable bonds is 4. The molecular formula is C44H26N4S. The van der Waals surface area contributed by atoms with Crippen molar-refractivity contribution in [3.63, 3.8) is 0 Å². The van der Waals surface area contributed by atoms with Gasteiger partial charge in [0.05, 0.1) is 0 Å². The van der Waals surface area contributed by atoms with Gasteiger partial charge in [0, 0.05) is 49.3 Å². The van der Waals surface area contributed by atoms with E-state index in [0.29, 0.717) is 17.5 Å². The molecule has 3 aromatic heterocycles. The van der Waals surface area contributed by atoms with E-state index in [0.717, 1.165) is 27.8 Å². The van der Waals surface area contributed by atoms with E-state index < -0.39 is 0 Å². The van der Waals surface area contributed by atoms with Gasteiger partial charge in [-0.1, -0.05) is 115 Å². The van der Waals surface area contributed by atoms with Crippen molar-refractivity contribution in [3.8, 4) is 45.3 Å². The molecule has 228 valence electrons. The normalized spacial score (nSPS) is 11.7. The number of fused-ring (bicyclic) bond motifs is 10. The first-order chi connectivity index (χ1) is 24.3. The van der Waals surface area contributed by atoms with Crippen LogP contribution in [-0.2, 0) is 0 Å². The van der Waals surface area contributed by atoms with Gasteiger partial charge in [0.15, 0.2) is 17.5 Å². The van der Waals surface area contributed by atoms with Crippen LogP contribution in [-0.4, -0.2) is 19.9 Å². The van der Waals surface area contributed by atoms with Crippen LogP contribution in [0, 0.1) is 0 Å². The number of hydrogen-bond donors (Lipinski definition) is 0. The highest BCUT2D eigenvalue weighted by molar-refractivity contribution is 7.26. The number of nitrogens with zero attached hydrogens (tertiary/aromatic N) is 4. The highest BCUT2D eigenvalue weighted by Crippen LogP contribution is 2.45. The predicted molar refractivity (Wildman–Crippen MR) is 205 cm³/mol. The van der Waals surface area contributed by atoms with Crippen LogP contribution in [0.2, 0.25) is 0 Å². The van der Waals surface area contributed by atoms with Crippen molar-refractivity contribution in [2.45, 2.75) is 0 Å². The molecule has 0 bridgehead atoms. The largest absolute Gasteiger partial charge is 0.265 e. The van der Waals surface area contributed by atoms with Gasteiger partial charge in [-0.3, -0.25) is 4.98 Å². The van der Waals surface area contributed by atoms with E-state index in [-0.39, 0.29) is 0 Å². The van der Waals surface area contributed by atoms with Crippen LogP contribution in [0.3, 0.4) is 0 Å². The van der Waals surface area contributed by atoms with Gasteiger partial charge < -0.3 is 0 Å². The first-order valence-corrected chi connectivity index (χ1v) is 17.1. The van der Waals surface area contributed by atoms with E-state index in [4.69, 9.17) is 15.0 Å². The van der Waals surface area contributed by atoms with Crippen LogP contribution in [0.15, 0.2) is 158 Å². The van der Waals surface area contributed by atoms with Crippen LogP contribution in [0.25, 0.3) is 97.8 Å². The quantitative estimate of drug-likeness (QED) is 0.179. The Morgan fingerprint density at radius 2 is 0.857 bits per heavy atom. The molecule has 0 spiro atoms. The molecule has 0 radical (unpaired) electrons.